The smallest absolute Gasteiger partial charge is 0.00988 e. The fourth-order valence-corrected chi connectivity index (χ4v) is 2.05. The van der Waals surface area contributed by atoms with E-state index in [2.05, 4.69) is 50.3 Å². The van der Waals surface area contributed by atoms with Gasteiger partial charge < -0.3 is 0 Å². The monoisotopic (exact) mass is 184 g/mol. The molecule has 2 rings (SSSR count). The summed E-state index contributed by atoms with van der Waals surface area (Å²) in [7, 11) is 0. The van der Waals surface area contributed by atoms with E-state index in [1.807, 2.05) is 0 Å². The first-order chi connectivity index (χ1) is 6.81. The summed E-state index contributed by atoms with van der Waals surface area (Å²) in [5.41, 5.74) is 5.88. The van der Waals surface area contributed by atoms with Crippen molar-refractivity contribution >= 4 is 5.57 Å². The SMILES string of the molecule is CCC1=C(c2ccccc2)C=C(C)C1. The van der Waals surface area contributed by atoms with Gasteiger partial charge in [0.1, 0.15) is 0 Å². The van der Waals surface area contributed by atoms with Crippen molar-refractivity contribution in [2.45, 2.75) is 26.7 Å². The van der Waals surface area contributed by atoms with Crippen molar-refractivity contribution < 1.29 is 0 Å². The van der Waals surface area contributed by atoms with Crippen LogP contribution in [0, 0.1) is 0 Å². The zero-order valence-corrected chi connectivity index (χ0v) is 8.88. The molecule has 0 radical (unpaired) electrons. The van der Waals surface area contributed by atoms with E-state index < -0.39 is 0 Å². The van der Waals surface area contributed by atoms with E-state index in [1.165, 1.54) is 23.1 Å². The van der Waals surface area contributed by atoms with Crippen molar-refractivity contribution in [2.24, 2.45) is 0 Å². The van der Waals surface area contributed by atoms with Gasteiger partial charge in [-0.2, -0.15) is 0 Å². The topological polar surface area (TPSA) is 0 Å². The molecule has 0 unspecified atom stereocenters. The summed E-state index contributed by atoms with van der Waals surface area (Å²) in [5, 5.41) is 0. The van der Waals surface area contributed by atoms with Gasteiger partial charge in [0.2, 0.25) is 0 Å². The van der Waals surface area contributed by atoms with Crippen LogP contribution in [0.15, 0.2) is 47.6 Å². The molecular weight excluding hydrogens is 168 g/mol. The third-order valence-corrected chi connectivity index (χ3v) is 2.78. The van der Waals surface area contributed by atoms with E-state index in [-0.39, 0.29) is 0 Å². The molecule has 72 valence electrons. The molecular formula is C14H16. The van der Waals surface area contributed by atoms with Crippen LogP contribution in [0.1, 0.15) is 32.3 Å². The molecule has 0 N–H and O–H groups in total. The first-order valence-electron chi connectivity index (χ1n) is 5.26. The Hall–Kier alpha value is -1.30. The Morgan fingerprint density at radius 3 is 2.50 bits per heavy atom. The number of benzene rings is 1. The van der Waals surface area contributed by atoms with Crippen LogP contribution in [0.5, 0.6) is 0 Å². The molecule has 0 saturated carbocycles. The molecule has 0 amide bonds. The minimum atomic E-state index is 1.16. The van der Waals surface area contributed by atoms with Crippen LogP contribution in [-0.4, -0.2) is 0 Å². The van der Waals surface area contributed by atoms with Gasteiger partial charge in [0.15, 0.2) is 0 Å². The van der Waals surface area contributed by atoms with Crippen molar-refractivity contribution in [3.05, 3.63) is 53.1 Å². The standard InChI is InChI=1S/C14H16/c1-3-12-9-11(2)10-14(12)13-7-5-4-6-8-13/h4-8,10H,3,9H2,1-2H3. The predicted molar refractivity (Wildman–Crippen MR) is 62.0 cm³/mol. The van der Waals surface area contributed by atoms with Crippen molar-refractivity contribution in [3.8, 4) is 0 Å². The van der Waals surface area contributed by atoms with Gasteiger partial charge in [-0.3, -0.25) is 0 Å². The largest absolute Gasteiger partial charge is 0.0686 e. The fraction of sp³-hybridized carbons (Fsp3) is 0.286. The zero-order chi connectivity index (χ0) is 9.97. The minimum absolute atomic E-state index is 1.16. The molecule has 1 aliphatic carbocycles. The fourth-order valence-electron chi connectivity index (χ4n) is 2.05. The molecule has 0 fully saturated rings. The van der Waals surface area contributed by atoms with Crippen LogP contribution in [0.25, 0.3) is 5.57 Å². The Labute approximate surface area is 86.0 Å². The molecule has 0 aromatic heterocycles. The van der Waals surface area contributed by atoms with Crippen molar-refractivity contribution in [1.29, 1.82) is 0 Å². The van der Waals surface area contributed by atoms with Crippen LogP contribution >= 0.6 is 0 Å². The number of hydrogen-bond donors (Lipinski definition) is 0. The van der Waals surface area contributed by atoms with Gasteiger partial charge >= 0.3 is 0 Å². The third-order valence-electron chi connectivity index (χ3n) is 2.78. The van der Waals surface area contributed by atoms with Crippen LogP contribution < -0.4 is 0 Å². The highest BCUT2D eigenvalue weighted by molar-refractivity contribution is 5.80. The maximum atomic E-state index is 2.33. The Kier molecular flexibility index (Phi) is 2.53. The third kappa shape index (κ3) is 1.65. The van der Waals surface area contributed by atoms with Gasteiger partial charge in [-0.15, -0.1) is 0 Å². The molecule has 1 aromatic carbocycles. The molecule has 0 spiro atoms. The zero-order valence-electron chi connectivity index (χ0n) is 8.88. The van der Waals surface area contributed by atoms with Crippen LogP contribution in [-0.2, 0) is 0 Å². The first-order valence-corrected chi connectivity index (χ1v) is 5.26. The minimum Gasteiger partial charge on any atom is -0.0686 e. The second kappa shape index (κ2) is 3.83. The van der Waals surface area contributed by atoms with Crippen LogP contribution in [0.2, 0.25) is 0 Å². The summed E-state index contributed by atoms with van der Waals surface area (Å²) in [5.74, 6) is 0. The van der Waals surface area contributed by atoms with E-state index in [0.29, 0.717) is 0 Å². The Morgan fingerprint density at radius 2 is 1.86 bits per heavy atom. The van der Waals surface area contributed by atoms with E-state index in [4.69, 9.17) is 0 Å². The maximum absolute atomic E-state index is 2.33. The molecule has 0 heteroatoms. The summed E-state index contributed by atoms with van der Waals surface area (Å²) in [4.78, 5) is 0. The lowest BCUT2D eigenvalue weighted by atomic mass is 10.0. The summed E-state index contributed by atoms with van der Waals surface area (Å²) >= 11 is 0. The number of hydrogen-bond acceptors (Lipinski definition) is 0. The van der Waals surface area contributed by atoms with Crippen LogP contribution in [0.4, 0.5) is 0 Å². The number of rotatable bonds is 2. The first kappa shape index (κ1) is 9.26. The predicted octanol–water partition coefficient (Wildman–Crippen LogP) is 4.20. The molecule has 0 saturated heterocycles. The second-order valence-corrected chi connectivity index (χ2v) is 3.90. The van der Waals surface area contributed by atoms with Crippen molar-refractivity contribution in [1.82, 2.24) is 0 Å². The second-order valence-electron chi connectivity index (χ2n) is 3.90. The lowest BCUT2D eigenvalue weighted by molar-refractivity contribution is 1.02. The molecule has 14 heavy (non-hydrogen) atoms. The highest BCUT2D eigenvalue weighted by Gasteiger charge is 2.12. The Balaban J connectivity index is 2.42. The normalized spacial score (nSPS) is 16.0. The molecule has 0 aliphatic heterocycles. The number of allylic oxidation sites excluding steroid dienone is 4. The summed E-state index contributed by atoms with van der Waals surface area (Å²) in [6.07, 6.45) is 4.66. The summed E-state index contributed by atoms with van der Waals surface area (Å²) in [6, 6.07) is 10.7. The van der Waals surface area contributed by atoms with Gasteiger partial charge in [0, 0.05) is 0 Å². The van der Waals surface area contributed by atoms with E-state index in [1.54, 1.807) is 5.57 Å². The van der Waals surface area contributed by atoms with Gasteiger partial charge in [-0.25, -0.2) is 0 Å². The molecule has 0 bridgehead atoms. The van der Waals surface area contributed by atoms with Gasteiger partial charge in [-0.05, 0) is 30.9 Å². The highest BCUT2D eigenvalue weighted by atomic mass is 14.2. The lowest BCUT2D eigenvalue weighted by Crippen LogP contribution is -1.83. The molecule has 1 aromatic rings. The summed E-state index contributed by atoms with van der Waals surface area (Å²) < 4.78 is 0. The summed E-state index contributed by atoms with van der Waals surface area (Å²) in [6.45, 7) is 4.45. The Bertz CT molecular complexity index is 380. The molecule has 1 aliphatic rings. The van der Waals surface area contributed by atoms with E-state index >= 15 is 0 Å². The lowest BCUT2D eigenvalue weighted by Gasteiger charge is -2.04. The van der Waals surface area contributed by atoms with Gasteiger partial charge in [0.05, 0.1) is 0 Å². The van der Waals surface area contributed by atoms with E-state index in [0.717, 1.165) is 6.42 Å². The quantitative estimate of drug-likeness (QED) is 0.646. The van der Waals surface area contributed by atoms with E-state index in [9.17, 15) is 0 Å². The highest BCUT2D eigenvalue weighted by Crippen LogP contribution is 2.33. The average molecular weight is 184 g/mol. The van der Waals surface area contributed by atoms with Gasteiger partial charge in [0.25, 0.3) is 0 Å². The Morgan fingerprint density at radius 1 is 1.14 bits per heavy atom. The molecule has 0 heterocycles. The van der Waals surface area contributed by atoms with Crippen LogP contribution in [0.3, 0.4) is 0 Å². The van der Waals surface area contributed by atoms with Crippen molar-refractivity contribution in [3.63, 3.8) is 0 Å². The van der Waals surface area contributed by atoms with Crippen molar-refractivity contribution in [2.75, 3.05) is 0 Å². The average Bonchev–Trinajstić information content (AvgIpc) is 2.61. The molecule has 0 nitrogen and oxygen atoms in total. The maximum Gasteiger partial charge on any atom is -0.00988 e. The van der Waals surface area contributed by atoms with Gasteiger partial charge in [-0.1, -0.05) is 54.5 Å². The molecule has 0 atom stereocenters.